The van der Waals surface area contributed by atoms with E-state index in [1.165, 1.54) is 0 Å². The van der Waals surface area contributed by atoms with E-state index in [-0.39, 0.29) is 12.2 Å². The fraction of sp³-hybridized carbons (Fsp3) is 0.909. The number of aliphatic carboxylic acids is 1. The number of carboxylic acid groups (broad SMARTS) is 1. The summed E-state index contributed by atoms with van der Waals surface area (Å²) in [7, 11) is 0. The highest BCUT2D eigenvalue weighted by Crippen LogP contribution is 2.23. The number of hydrogen-bond acceptors (Lipinski definition) is 4. The number of carboxylic acids is 1. The first-order chi connectivity index (χ1) is 7.56. The minimum atomic E-state index is -0.911. The van der Waals surface area contributed by atoms with Gasteiger partial charge in [-0.3, -0.25) is 4.90 Å². The Bertz CT molecular complexity index is 226. The molecule has 94 valence electrons. The van der Waals surface area contributed by atoms with Crippen LogP contribution in [0.2, 0.25) is 0 Å². The third kappa shape index (κ3) is 4.47. The molecule has 0 aromatic heterocycles. The van der Waals surface area contributed by atoms with Crippen LogP contribution in [0.3, 0.4) is 0 Å². The molecule has 5 heteroatoms. The van der Waals surface area contributed by atoms with Gasteiger partial charge in [0.05, 0.1) is 12.2 Å². The SMILES string of the molecule is CCCOCCN1CC(C)(OCC(=O)O)C1. The molecule has 0 radical (unpaired) electrons. The highest BCUT2D eigenvalue weighted by atomic mass is 16.5. The van der Waals surface area contributed by atoms with Gasteiger partial charge in [0.1, 0.15) is 6.61 Å². The molecule has 0 aliphatic carbocycles. The highest BCUT2D eigenvalue weighted by Gasteiger charge is 2.39. The Balaban J connectivity index is 2.04. The molecule has 5 nitrogen and oxygen atoms in total. The monoisotopic (exact) mass is 231 g/mol. The molecule has 0 bridgehead atoms. The van der Waals surface area contributed by atoms with Crippen LogP contribution in [0.25, 0.3) is 0 Å². The van der Waals surface area contributed by atoms with E-state index in [0.29, 0.717) is 0 Å². The van der Waals surface area contributed by atoms with Crippen molar-refractivity contribution in [3.63, 3.8) is 0 Å². The Morgan fingerprint density at radius 1 is 1.44 bits per heavy atom. The van der Waals surface area contributed by atoms with Gasteiger partial charge in [-0.05, 0) is 13.3 Å². The lowest BCUT2D eigenvalue weighted by molar-refractivity contribution is -0.165. The second kappa shape index (κ2) is 6.18. The Labute approximate surface area is 96.3 Å². The van der Waals surface area contributed by atoms with Gasteiger partial charge < -0.3 is 14.6 Å². The molecule has 1 rings (SSSR count). The number of hydrogen-bond donors (Lipinski definition) is 1. The van der Waals surface area contributed by atoms with Crippen molar-refractivity contribution in [1.29, 1.82) is 0 Å². The van der Waals surface area contributed by atoms with E-state index in [0.717, 1.165) is 39.3 Å². The van der Waals surface area contributed by atoms with Crippen molar-refractivity contribution in [2.45, 2.75) is 25.9 Å². The average Bonchev–Trinajstić information content (AvgIpc) is 2.18. The lowest BCUT2D eigenvalue weighted by Crippen LogP contribution is -2.62. The molecule has 1 fully saturated rings. The maximum Gasteiger partial charge on any atom is 0.329 e. The summed E-state index contributed by atoms with van der Waals surface area (Å²) in [4.78, 5) is 12.6. The third-order valence-electron chi connectivity index (χ3n) is 2.56. The summed E-state index contributed by atoms with van der Waals surface area (Å²) in [6, 6.07) is 0. The molecule has 0 saturated carbocycles. The standard InChI is InChI=1S/C11H21NO4/c1-3-5-15-6-4-12-8-11(2,9-12)16-7-10(13)14/h3-9H2,1-2H3,(H,13,14). The largest absolute Gasteiger partial charge is 0.480 e. The van der Waals surface area contributed by atoms with E-state index in [9.17, 15) is 4.79 Å². The van der Waals surface area contributed by atoms with E-state index in [1.54, 1.807) is 0 Å². The summed E-state index contributed by atoms with van der Waals surface area (Å²) in [6.07, 6.45) is 1.04. The van der Waals surface area contributed by atoms with E-state index in [2.05, 4.69) is 11.8 Å². The summed E-state index contributed by atoms with van der Waals surface area (Å²) >= 11 is 0. The maximum absolute atomic E-state index is 10.4. The Kier molecular flexibility index (Phi) is 5.18. The number of nitrogens with zero attached hydrogens (tertiary/aromatic N) is 1. The summed E-state index contributed by atoms with van der Waals surface area (Å²) in [5.41, 5.74) is -0.289. The molecule has 1 heterocycles. The molecule has 0 aromatic rings. The summed E-state index contributed by atoms with van der Waals surface area (Å²) < 4.78 is 10.7. The number of ether oxygens (including phenoxy) is 2. The average molecular weight is 231 g/mol. The normalized spacial score (nSPS) is 19.4. The molecular formula is C11H21NO4. The first kappa shape index (κ1) is 13.4. The molecule has 1 N–H and O–H groups in total. The van der Waals surface area contributed by atoms with Crippen LogP contribution in [0.15, 0.2) is 0 Å². The number of likely N-dealkylation sites (tertiary alicyclic amines) is 1. The second-order valence-corrected chi connectivity index (χ2v) is 4.46. The topological polar surface area (TPSA) is 59.0 Å². The van der Waals surface area contributed by atoms with Crippen molar-refractivity contribution in [3.8, 4) is 0 Å². The van der Waals surface area contributed by atoms with Gasteiger partial charge in [0, 0.05) is 26.2 Å². The van der Waals surface area contributed by atoms with Crippen LogP contribution in [-0.4, -0.2) is 61.0 Å². The second-order valence-electron chi connectivity index (χ2n) is 4.46. The van der Waals surface area contributed by atoms with Crippen LogP contribution >= 0.6 is 0 Å². The van der Waals surface area contributed by atoms with Gasteiger partial charge in [-0.25, -0.2) is 4.79 Å². The van der Waals surface area contributed by atoms with Gasteiger partial charge in [0.15, 0.2) is 0 Å². The molecular weight excluding hydrogens is 210 g/mol. The molecule has 0 aromatic carbocycles. The van der Waals surface area contributed by atoms with Gasteiger partial charge >= 0.3 is 5.97 Å². The molecule has 1 aliphatic rings. The van der Waals surface area contributed by atoms with Crippen LogP contribution in [0.1, 0.15) is 20.3 Å². The lowest BCUT2D eigenvalue weighted by atomic mass is 9.96. The molecule has 0 amide bonds. The summed E-state index contributed by atoms with van der Waals surface area (Å²) in [5, 5.41) is 8.50. The van der Waals surface area contributed by atoms with Gasteiger partial charge in [-0.1, -0.05) is 6.92 Å². The molecule has 0 unspecified atom stereocenters. The highest BCUT2D eigenvalue weighted by molar-refractivity contribution is 5.68. The lowest BCUT2D eigenvalue weighted by Gasteiger charge is -2.47. The zero-order valence-corrected chi connectivity index (χ0v) is 10.1. The Morgan fingerprint density at radius 3 is 2.69 bits per heavy atom. The fourth-order valence-electron chi connectivity index (χ4n) is 1.83. The summed E-state index contributed by atoms with van der Waals surface area (Å²) in [5.74, 6) is -0.911. The van der Waals surface area contributed by atoms with Crippen molar-refractivity contribution < 1.29 is 19.4 Å². The predicted octanol–water partition coefficient (Wildman–Crippen LogP) is 0.589. The van der Waals surface area contributed by atoms with Crippen LogP contribution in [0, 0.1) is 0 Å². The Morgan fingerprint density at radius 2 is 2.12 bits per heavy atom. The van der Waals surface area contributed by atoms with Crippen LogP contribution < -0.4 is 0 Å². The predicted molar refractivity (Wildman–Crippen MR) is 59.5 cm³/mol. The molecule has 0 atom stereocenters. The van der Waals surface area contributed by atoms with Crippen LogP contribution in [-0.2, 0) is 14.3 Å². The minimum absolute atomic E-state index is 0.212. The minimum Gasteiger partial charge on any atom is -0.480 e. The molecule has 16 heavy (non-hydrogen) atoms. The first-order valence-corrected chi connectivity index (χ1v) is 5.71. The van der Waals surface area contributed by atoms with Crippen LogP contribution in [0.4, 0.5) is 0 Å². The number of carbonyl (C=O) groups is 1. The van der Waals surface area contributed by atoms with Gasteiger partial charge in [-0.15, -0.1) is 0 Å². The smallest absolute Gasteiger partial charge is 0.329 e. The first-order valence-electron chi connectivity index (χ1n) is 5.71. The third-order valence-corrected chi connectivity index (χ3v) is 2.56. The number of rotatable bonds is 8. The Hall–Kier alpha value is -0.650. The van der Waals surface area contributed by atoms with Gasteiger partial charge in [0.25, 0.3) is 0 Å². The van der Waals surface area contributed by atoms with Crippen molar-refractivity contribution in [2.24, 2.45) is 0 Å². The van der Waals surface area contributed by atoms with E-state index in [1.807, 2.05) is 6.92 Å². The zero-order valence-electron chi connectivity index (χ0n) is 10.1. The molecule has 1 saturated heterocycles. The fourth-order valence-corrected chi connectivity index (χ4v) is 1.83. The van der Waals surface area contributed by atoms with Crippen molar-refractivity contribution in [2.75, 3.05) is 39.5 Å². The van der Waals surface area contributed by atoms with Gasteiger partial charge in [-0.2, -0.15) is 0 Å². The van der Waals surface area contributed by atoms with Crippen molar-refractivity contribution >= 4 is 5.97 Å². The van der Waals surface area contributed by atoms with Crippen molar-refractivity contribution in [3.05, 3.63) is 0 Å². The van der Waals surface area contributed by atoms with E-state index in [4.69, 9.17) is 14.6 Å². The van der Waals surface area contributed by atoms with Crippen LogP contribution in [0.5, 0.6) is 0 Å². The molecule has 0 spiro atoms. The molecule has 1 aliphatic heterocycles. The van der Waals surface area contributed by atoms with E-state index < -0.39 is 5.97 Å². The summed E-state index contributed by atoms with van der Waals surface area (Å²) in [6.45, 7) is 7.83. The van der Waals surface area contributed by atoms with E-state index >= 15 is 0 Å². The van der Waals surface area contributed by atoms with Gasteiger partial charge in [0.2, 0.25) is 0 Å². The van der Waals surface area contributed by atoms with Crippen molar-refractivity contribution in [1.82, 2.24) is 4.90 Å². The zero-order chi connectivity index (χ0) is 12.0. The maximum atomic E-state index is 10.4. The quantitative estimate of drug-likeness (QED) is 0.619.